The Morgan fingerprint density at radius 1 is 1.47 bits per heavy atom. The van der Waals surface area contributed by atoms with Gasteiger partial charge in [0.05, 0.1) is 12.0 Å². The highest BCUT2D eigenvalue weighted by Gasteiger charge is 2.41. The Morgan fingerprint density at radius 2 is 2.06 bits per heavy atom. The number of carbonyl (C=O) groups excluding carboxylic acids is 1. The second kappa shape index (κ2) is 4.57. The molecule has 1 aliphatic heterocycles. The molecule has 1 rings (SSSR count). The molecule has 0 aromatic rings. The van der Waals surface area contributed by atoms with E-state index in [1.54, 1.807) is 20.8 Å². The van der Waals surface area contributed by atoms with Crippen molar-refractivity contribution in [3.63, 3.8) is 0 Å². The molecule has 0 spiro atoms. The Labute approximate surface area is 103 Å². The van der Waals surface area contributed by atoms with Gasteiger partial charge in [-0.25, -0.2) is 0 Å². The van der Waals surface area contributed by atoms with Crippen molar-refractivity contribution in [3.05, 3.63) is 0 Å². The average Bonchev–Trinajstić information content (AvgIpc) is 2.14. The first-order valence-electron chi connectivity index (χ1n) is 5.71. The van der Waals surface area contributed by atoms with Crippen LogP contribution in [0.25, 0.3) is 0 Å². The van der Waals surface area contributed by atoms with Gasteiger partial charge >= 0.3 is 5.97 Å². The van der Waals surface area contributed by atoms with Gasteiger partial charge in [-0.2, -0.15) is 8.42 Å². The Bertz CT molecular complexity index is 398. The summed E-state index contributed by atoms with van der Waals surface area (Å²) in [6.45, 7) is 7.17. The minimum Gasteiger partial charge on any atom is -0.458 e. The van der Waals surface area contributed by atoms with E-state index in [2.05, 4.69) is 4.18 Å². The molecule has 0 radical (unpaired) electrons. The van der Waals surface area contributed by atoms with E-state index in [0.29, 0.717) is 12.8 Å². The maximum atomic E-state index is 11.9. The number of rotatable bonds is 3. The van der Waals surface area contributed by atoms with Gasteiger partial charge in [0.1, 0.15) is 11.4 Å². The van der Waals surface area contributed by atoms with Crippen LogP contribution in [0.1, 0.15) is 40.5 Å². The molecule has 0 bridgehead atoms. The van der Waals surface area contributed by atoms with Crippen LogP contribution in [0.2, 0.25) is 0 Å². The molecule has 0 amide bonds. The van der Waals surface area contributed by atoms with Gasteiger partial charge < -0.3 is 4.74 Å². The molecule has 1 atom stereocenters. The summed E-state index contributed by atoms with van der Waals surface area (Å²) in [6.07, 6.45) is 1.04. The van der Waals surface area contributed by atoms with Crippen molar-refractivity contribution in [1.29, 1.82) is 0 Å². The van der Waals surface area contributed by atoms with E-state index in [9.17, 15) is 13.2 Å². The summed E-state index contributed by atoms with van der Waals surface area (Å²) in [4.78, 5) is 11.9. The van der Waals surface area contributed by atoms with Crippen molar-refractivity contribution in [3.8, 4) is 0 Å². The zero-order chi connectivity index (χ0) is 13.3. The lowest BCUT2D eigenvalue weighted by molar-refractivity contribution is -0.168. The SMILES string of the molecule is CCC(C)(C)C(=O)OC1(C)CCOS(=O)(=O)C1. The van der Waals surface area contributed by atoms with Crippen molar-refractivity contribution in [2.45, 2.75) is 46.1 Å². The lowest BCUT2D eigenvalue weighted by Crippen LogP contribution is -2.46. The summed E-state index contributed by atoms with van der Waals surface area (Å²) < 4.78 is 32.7. The fourth-order valence-electron chi connectivity index (χ4n) is 1.46. The van der Waals surface area contributed by atoms with Crippen LogP contribution in [-0.4, -0.2) is 32.3 Å². The first-order valence-corrected chi connectivity index (χ1v) is 7.28. The van der Waals surface area contributed by atoms with Crippen LogP contribution in [0.3, 0.4) is 0 Å². The standard InChI is InChI=1S/C11H20O5S/c1-5-10(2,3)9(12)16-11(4)6-7-15-17(13,14)8-11/h5-8H2,1-4H3. The molecule has 1 aliphatic rings. The monoisotopic (exact) mass is 264 g/mol. The summed E-state index contributed by atoms with van der Waals surface area (Å²) in [6, 6.07) is 0. The summed E-state index contributed by atoms with van der Waals surface area (Å²) >= 11 is 0. The zero-order valence-corrected chi connectivity index (χ0v) is 11.6. The molecular formula is C11H20O5S. The molecule has 6 heteroatoms. The van der Waals surface area contributed by atoms with Crippen LogP contribution < -0.4 is 0 Å². The summed E-state index contributed by atoms with van der Waals surface area (Å²) in [5.74, 6) is -0.634. The average molecular weight is 264 g/mol. The van der Waals surface area contributed by atoms with Crippen LogP contribution in [0.15, 0.2) is 0 Å². The summed E-state index contributed by atoms with van der Waals surface area (Å²) in [7, 11) is -3.57. The van der Waals surface area contributed by atoms with Crippen molar-refractivity contribution >= 4 is 16.1 Å². The van der Waals surface area contributed by atoms with Crippen molar-refractivity contribution in [1.82, 2.24) is 0 Å². The number of ether oxygens (including phenoxy) is 1. The minimum absolute atomic E-state index is 0.0681. The third-order valence-electron chi connectivity index (χ3n) is 3.15. The predicted molar refractivity (Wildman–Crippen MR) is 62.9 cm³/mol. The van der Waals surface area contributed by atoms with Gasteiger partial charge in [-0.1, -0.05) is 6.92 Å². The van der Waals surface area contributed by atoms with Gasteiger partial charge in [0.2, 0.25) is 0 Å². The number of carbonyl (C=O) groups is 1. The lowest BCUT2D eigenvalue weighted by atomic mass is 9.90. The fraction of sp³-hybridized carbons (Fsp3) is 0.909. The Morgan fingerprint density at radius 3 is 2.53 bits per heavy atom. The van der Waals surface area contributed by atoms with E-state index < -0.39 is 21.1 Å². The highest BCUT2D eigenvalue weighted by Crippen LogP contribution is 2.29. The number of hydrogen-bond acceptors (Lipinski definition) is 5. The van der Waals surface area contributed by atoms with E-state index >= 15 is 0 Å². The quantitative estimate of drug-likeness (QED) is 0.570. The van der Waals surface area contributed by atoms with Crippen molar-refractivity contribution < 1.29 is 22.1 Å². The first-order chi connectivity index (χ1) is 7.60. The summed E-state index contributed by atoms with van der Waals surface area (Å²) in [5.41, 5.74) is -1.56. The molecule has 0 aliphatic carbocycles. The van der Waals surface area contributed by atoms with Crippen molar-refractivity contribution in [2.24, 2.45) is 5.41 Å². The van der Waals surface area contributed by atoms with E-state index in [0.717, 1.165) is 0 Å². The Kier molecular flexibility index (Phi) is 3.88. The van der Waals surface area contributed by atoms with Crippen LogP contribution in [-0.2, 0) is 23.8 Å². The van der Waals surface area contributed by atoms with Gasteiger partial charge in [0.15, 0.2) is 0 Å². The van der Waals surface area contributed by atoms with Crippen molar-refractivity contribution in [2.75, 3.05) is 12.4 Å². The van der Waals surface area contributed by atoms with Crippen LogP contribution in [0, 0.1) is 5.41 Å². The Balaban J connectivity index is 2.77. The van der Waals surface area contributed by atoms with Crippen LogP contribution in [0.4, 0.5) is 0 Å². The van der Waals surface area contributed by atoms with Crippen LogP contribution in [0.5, 0.6) is 0 Å². The molecule has 0 aromatic carbocycles. The van der Waals surface area contributed by atoms with E-state index in [1.165, 1.54) is 0 Å². The van der Waals surface area contributed by atoms with E-state index in [-0.39, 0.29) is 18.3 Å². The molecule has 100 valence electrons. The fourth-order valence-corrected chi connectivity index (χ4v) is 2.83. The maximum Gasteiger partial charge on any atom is 0.312 e. The summed E-state index contributed by atoms with van der Waals surface area (Å²) in [5, 5.41) is 0. The molecular weight excluding hydrogens is 244 g/mol. The molecule has 1 heterocycles. The normalized spacial score (nSPS) is 28.7. The number of esters is 1. The second-order valence-electron chi connectivity index (χ2n) is 5.35. The predicted octanol–water partition coefficient (Wildman–Crippen LogP) is 1.47. The molecule has 1 fully saturated rings. The molecule has 0 saturated carbocycles. The molecule has 1 unspecified atom stereocenters. The first kappa shape index (κ1) is 14.4. The molecule has 0 aromatic heterocycles. The second-order valence-corrected chi connectivity index (χ2v) is 6.99. The number of hydrogen-bond donors (Lipinski definition) is 0. The van der Waals surface area contributed by atoms with E-state index in [4.69, 9.17) is 4.74 Å². The van der Waals surface area contributed by atoms with Crippen LogP contribution >= 0.6 is 0 Å². The topological polar surface area (TPSA) is 69.7 Å². The maximum absolute atomic E-state index is 11.9. The highest BCUT2D eigenvalue weighted by atomic mass is 32.2. The van der Waals surface area contributed by atoms with Gasteiger partial charge in [-0.15, -0.1) is 0 Å². The van der Waals surface area contributed by atoms with Gasteiger partial charge in [0, 0.05) is 6.42 Å². The minimum atomic E-state index is -3.57. The van der Waals surface area contributed by atoms with Gasteiger partial charge in [-0.05, 0) is 27.2 Å². The lowest BCUT2D eigenvalue weighted by Gasteiger charge is -2.35. The highest BCUT2D eigenvalue weighted by molar-refractivity contribution is 7.86. The third kappa shape index (κ3) is 3.67. The molecule has 1 saturated heterocycles. The van der Waals surface area contributed by atoms with Gasteiger partial charge in [-0.3, -0.25) is 8.98 Å². The molecule has 17 heavy (non-hydrogen) atoms. The third-order valence-corrected chi connectivity index (χ3v) is 4.64. The smallest absolute Gasteiger partial charge is 0.312 e. The molecule has 0 N–H and O–H groups in total. The molecule has 5 nitrogen and oxygen atoms in total. The Hall–Kier alpha value is -0.620. The zero-order valence-electron chi connectivity index (χ0n) is 10.8. The van der Waals surface area contributed by atoms with E-state index in [1.807, 2.05) is 6.92 Å². The van der Waals surface area contributed by atoms with Gasteiger partial charge in [0.25, 0.3) is 10.1 Å². The largest absolute Gasteiger partial charge is 0.458 e.